The highest BCUT2D eigenvalue weighted by molar-refractivity contribution is 6.34. The summed E-state index contributed by atoms with van der Waals surface area (Å²) in [5.74, 6) is -1.15. The first-order valence-corrected chi connectivity index (χ1v) is 11.0. The number of nitro benzene ring substituents is 1. The van der Waals surface area contributed by atoms with Crippen molar-refractivity contribution in [3.05, 3.63) is 68.2 Å². The summed E-state index contributed by atoms with van der Waals surface area (Å²) in [5.41, 5.74) is 0.424. The third-order valence-corrected chi connectivity index (χ3v) is 5.75. The lowest BCUT2D eigenvalue weighted by molar-refractivity contribution is -0.384. The number of nitrogens with zero attached hydrogens (tertiary/aromatic N) is 4. The molecule has 0 aromatic heterocycles. The number of hydrogen-bond donors (Lipinski definition) is 0. The Kier molecular flexibility index (Phi) is 7.88. The van der Waals surface area contributed by atoms with E-state index < -0.39 is 16.7 Å². The van der Waals surface area contributed by atoms with Gasteiger partial charge < -0.3 is 9.80 Å². The molecule has 0 aliphatic carbocycles. The number of non-ortho nitro benzene ring substituents is 1. The molecule has 0 radical (unpaired) electrons. The molecule has 0 unspecified atom stereocenters. The first-order valence-electron chi connectivity index (χ1n) is 10.3. The largest absolute Gasteiger partial charge is 0.329 e. The fraction of sp³-hybridized carbons (Fsp3) is 0.318. The Balaban J connectivity index is 1.75. The summed E-state index contributed by atoms with van der Waals surface area (Å²) in [4.78, 5) is 53.1. The van der Waals surface area contributed by atoms with Gasteiger partial charge in [-0.15, -0.1) is 0 Å². The average Bonchev–Trinajstić information content (AvgIpc) is 3.17. The van der Waals surface area contributed by atoms with E-state index in [0.29, 0.717) is 23.7 Å². The van der Waals surface area contributed by atoms with Crippen LogP contribution in [0.1, 0.15) is 30.1 Å². The molecule has 33 heavy (non-hydrogen) atoms. The van der Waals surface area contributed by atoms with Gasteiger partial charge in [-0.2, -0.15) is 0 Å². The van der Waals surface area contributed by atoms with Gasteiger partial charge >= 0.3 is 0 Å². The summed E-state index contributed by atoms with van der Waals surface area (Å²) < 4.78 is 0. The first-order chi connectivity index (χ1) is 15.7. The lowest BCUT2D eigenvalue weighted by Crippen LogP contribution is -2.43. The first kappa shape index (κ1) is 24.5. The standard InChI is InChI=1S/C22H22Cl2N4O5/c1-2-3-9-25(22(31)18-8-7-17(28(32)33)11-19(18)24)12-20(29)26-13-21(30)27(14-26)16-6-4-5-15(23)10-16/h4-8,10-11H,2-3,9,12-14H2,1H3. The molecule has 0 spiro atoms. The average molecular weight is 493 g/mol. The number of carbonyl (C=O) groups is 3. The zero-order valence-corrected chi connectivity index (χ0v) is 19.4. The van der Waals surface area contributed by atoms with Crippen molar-refractivity contribution in [1.29, 1.82) is 0 Å². The molecule has 3 rings (SSSR count). The lowest BCUT2D eigenvalue weighted by Gasteiger charge is -2.25. The summed E-state index contributed by atoms with van der Waals surface area (Å²) >= 11 is 12.1. The third kappa shape index (κ3) is 5.80. The van der Waals surface area contributed by atoms with Gasteiger partial charge in [-0.05, 0) is 30.7 Å². The van der Waals surface area contributed by atoms with E-state index >= 15 is 0 Å². The molecule has 11 heteroatoms. The Morgan fingerprint density at radius 1 is 1.18 bits per heavy atom. The molecule has 0 N–H and O–H groups in total. The van der Waals surface area contributed by atoms with Gasteiger partial charge in [0.15, 0.2) is 0 Å². The van der Waals surface area contributed by atoms with E-state index in [4.69, 9.17) is 23.2 Å². The number of amides is 3. The summed E-state index contributed by atoms with van der Waals surface area (Å²) in [7, 11) is 0. The fourth-order valence-electron chi connectivity index (χ4n) is 3.41. The molecule has 1 aliphatic rings. The summed E-state index contributed by atoms with van der Waals surface area (Å²) in [6, 6.07) is 10.4. The van der Waals surface area contributed by atoms with Crippen LogP contribution in [0.4, 0.5) is 11.4 Å². The number of unbranched alkanes of at least 4 members (excludes halogenated alkanes) is 1. The molecule has 1 saturated heterocycles. The van der Waals surface area contributed by atoms with Crippen LogP contribution in [0, 0.1) is 10.1 Å². The van der Waals surface area contributed by atoms with Gasteiger partial charge in [0.25, 0.3) is 11.6 Å². The van der Waals surface area contributed by atoms with Gasteiger partial charge in [-0.3, -0.25) is 29.4 Å². The molecule has 0 atom stereocenters. The molecule has 3 amide bonds. The van der Waals surface area contributed by atoms with Crippen molar-refractivity contribution in [2.45, 2.75) is 19.8 Å². The van der Waals surface area contributed by atoms with Gasteiger partial charge in [-0.25, -0.2) is 0 Å². The zero-order chi connectivity index (χ0) is 24.1. The third-order valence-electron chi connectivity index (χ3n) is 5.20. The number of benzene rings is 2. The van der Waals surface area contributed by atoms with Gasteiger partial charge in [0.2, 0.25) is 11.8 Å². The molecule has 2 aromatic rings. The van der Waals surface area contributed by atoms with Crippen LogP contribution in [0.3, 0.4) is 0 Å². The molecule has 0 saturated carbocycles. The Bertz CT molecular complexity index is 1090. The molecule has 1 aliphatic heterocycles. The van der Waals surface area contributed by atoms with E-state index in [1.165, 1.54) is 26.8 Å². The SMILES string of the molecule is CCCCN(CC(=O)N1CC(=O)N(c2cccc(Cl)c2)C1)C(=O)c1ccc([N+](=O)[O-])cc1Cl. The minimum atomic E-state index is -0.603. The van der Waals surface area contributed by atoms with Gasteiger partial charge in [0.05, 0.1) is 15.5 Å². The second kappa shape index (κ2) is 10.6. The van der Waals surface area contributed by atoms with Crippen molar-refractivity contribution in [1.82, 2.24) is 9.80 Å². The molecular formula is C22H22Cl2N4O5. The summed E-state index contributed by atoms with van der Waals surface area (Å²) in [6.45, 7) is 1.94. The van der Waals surface area contributed by atoms with E-state index in [0.717, 1.165) is 12.5 Å². The van der Waals surface area contributed by atoms with E-state index in [9.17, 15) is 24.5 Å². The van der Waals surface area contributed by atoms with Gasteiger partial charge in [-0.1, -0.05) is 42.6 Å². The highest BCUT2D eigenvalue weighted by Gasteiger charge is 2.33. The number of hydrogen-bond acceptors (Lipinski definition) is 5. The normalized spacial score (nSPS) is 13.4. The van der Waals surface area contributed by atoms with Crippen LogP contribution in [0.25, 0.3) is 0 Å². The Morgan fingerprint density at radius 3 is 2.58 bits per heavy atom. The minimum absolute atomic E-state index is 0.0477. The zero-order valence-electron chi connectivity index (χ0n) is 17.9. The quantitative estimate of drug-likeness (QED) is 0.409. The fourth-order valence-corrected chi connectivity index (χ4v) is 3.85. The second-order valence-corrected chi connectivity index (χ2v) is 8.38. The maximum absolute atomic E-state index is 13.1. The minimum Gasteiger partial charge on any atom is -0.329 e. The topological polar surface area (TPSA) is 104 Å². The monoisotopic (exact) mass is 492 g/mol. The Morgan fingerprint density at radius 2 is 1.94 bits per heavy atom. The van der Waals surface area contributed by atoms with E-state index in [2.05, 4.69) is 0 Å². The summed E-state index contributed by atoms with van der Waals surface area (Å²) in [5, 5.41) is 11.3. The molecule has 9 nitrogen and oxygen atoms in total. The molecular weight excluding hydrogens is 471 g/mol. The molecule has 1 fully saturated rings. The number of halogens is 2. The van der Waals surface area contributed by atoms with Crippen LogP contribution < -0.4 is 4.90 Å². The van der Waals surface area contributed by atoms with Crippen molar-refractivity contribution in [2.24, 2.45) is 0 Å². The molecule has 0 bridgehead atoms. The second-order valence-electron chi connectivity index (χ2n) is 7.54. The van der Waals surface area contributed by atoms with Crippen LogP contribution >= 0.6 is 23.2 Å². The van der Waals surface area contributed by atoms with Crippen molar-refractivity contribution >= 4 is 52.3 Å². The van der Waals surface area contributed by atoms with E-state index in [1.807, 2.05) is 6.92 Å². The maximum atomic E-state index is 13.1. The Hall–Kier alpha value is -3.17. The lowest BCUT2D eigenvalue weighted by atomic mass is 10.1. The summed E-state index contributed by atoms with van der Waals surface area (Å²) in [6.07, 6.45) is 1.44. The Labute approximate surface area is 200 Å². The molecule has 2 aromatic carbocycles. The highest BCUT2D eigenvalue weighted by Crippen LogP contribution is 2.25. The van der Waals surface area contributed by atoms with Crippen molar-refractivity contribution in [3.63, 3.8) is 0 Å². The highest BCUT2D eigenvalue weighted by atomic mass is 35.5. The van der Waals surface area contributed by atoms with Gasteiger partial charge in [0.1, 0.15) is 19.8 Å². The van der Waals surface area contributed by atoms with Crippen molar-refractivity contribution < 1.29 is 19.3 Å². The van der Waals surface area contributed by atoms with Crippen LogP contribution in [-0.2, 0) is 9.59 Å². The maximum Gasteiger partial charge on any atom is 0.270 e. The van der Waals surface area contributed by atoms with Crippen molar-refractivity contribution in [3.8, 4) is 0 Å². The number of nitro groups is 1. The smallest absolute Gasteiger partial charge is 0.270 e. The number of anilines is 1. The molecule has 174 valence electrons. The van der Waals surface area contributed by atoms with Crippen LogP contribution in [0.2, 0.25) is 10.0 Å². The predicted octanol–water partition coefficient (Wildman–Crippen LogP) is 3.98. The van der Waals surface area contributed by atoms with Crippen LogP contribution in [0.5, 0.6) is 0 Å². The molecule has 1 heterocycles. The van der Waals surface area contributed by atoms with Crippen LogP contribution in [-0.4, -0.2) is 58.7 Å². The number of carbonyl (C=O) groups excluding carboxylic acids is 3. The van der Waals surface area contributed by atoms with E-state index in [-0.39, 0.29) is 41.9 Å². The van der Waals surface area contributed by atoms with E-state index in [1.54, 1.807) is 24.3 Å². The number of rotatable bonds is 8. The van der Waals surface area contributed by atoms with Gasteiger partial charge in [0, 0.05) is 29.4 Å². The predicted molar refractivity (Wildman–Crippen MR) is 124 cm³/mol. The van der Waals surface area contributed by atoms with Crippen molar-refractivity contribution in [2.75, 3.05) is 31.2 Å². The van der Waals surface area contributed by atoms with Crippen LogP contribution in [0.15, 0.2) is 42.5 Å².